The Hall–Kier alpha value is -3.75. The molecular formula is C16H14N8O. The first-order chi connectivity index (χ1) is 12.1. The van der Waals surface area contributed by atoms with E-state index >= 15 is 0 Å². The summed E-state index contributed by atoms with van der Waals surface area (Å²) in [4.78, 5) is 24.4. The van der Waals surface area contributed by atoms with Gasteiger partial charge < -0.3 is 15.6 Å². The van der Waals surface area contributed by atoms with Gasteiger partial charge in [-0.2, -0.15) is 5.10 Å². The van der Waals surface area contributed by atoms with Gasteiger partial charge in [-0.15, -0.1) is 0 Å². The average molecular weight is 334 g/mol. The van der Waals surface area contributed by atoms with E-state index in [0.717, 1.165) is 5.69 Å². The highest BCUT2D eigenvalue weighted by Crippen LogP contribution is 2.20. The second-order valence-electron chi connectivity index (χ2n) is 5.42. The third-order valence-electron chi connectivity index (χ3n) is 3.79. The molecule has 4 rings (SSSR count). The van der Waals surface area contributed by atoms with Crippen molar-refractivity contribution in [2.45, 2.75) is 0 Å². The van der Waals surface area contributed by atoms with Gasteiger partial charge in [-0.05, 0) is 24.3 Å². The van der Waals surface area contributed by atoms with Gasteiger partial charge in [0.25, 0.3) is 5.91 Å². The van der Waals surface area contributed by atoms with E-state index in [9.17, 15) is 4.79 Å². The SMILES string of the molecule is Cn1ccnc1C(=O)Nc1ccc(-n2ncc3c(N)ncnc32)cc1. The number of hydrogen-bond donors (Lipinski definition) is 2. The Kier molecular flexibility index (Phi) is 3.38. The molecule has 3 N–H and O–H groups in total. The van der Waals surface area contributed by atoms with Gasteiger partial charge in [0, 0.05) is 25.1 Å². The number of aryl methyl sites for hydroxylation is 1. The van der Waals surface area contributed by atoms with Crippen LogP contribution >= 0.6 is 0 Å². The molecule has 0 saturated carbocycles. The minimum atomic E-state index is -0.273. The Morgan fingerprint density at radius 3 is 2.68 bits per heavy atom. The zero-order valence-electron chi connectivity index (χ0n) is 13.3. The summed E-state index contributed by atoms with van der Waals surface area (Å²) in [5.74, 6) is 0.454. The predicted octanol–water partition coefficient (Wildman–Crippen LogP) is 1.38. The van der Waals surface area contributed by atoms with Crippen molar-refractivity contribution in [3.63, 3.8) is 0 Å². The molecule has 3 aromatic heterocycles. The number of benzene rings is 1. The van der Waals surface area contributed by atoms with Crippen molar-refractivity contribution in [2.24, 2.45) is 7.05 Å². The molecule has 124 valence electrons. The lowest BCUT2D eigenvalue weighted by Gasteiger charge is -2.07. The summed E-state index contributed by atoms with van der Waals surface area (Å²) in [6.07, 6.45) is 6.32. The van der Waals surface area contributed by atoms with Crippen LogP contribution in [-0.2, 0) is 7.05 Å². The summed E-state index contributed by atoms with van der Waals surface area (Å²) in [5.41, 5.74) is 7.90. The quantitative estimate of drug-likeness (QED) is 0.585. The van der Waals surface area contributed by atoms with E-state index < -0.39 is 0 Å². The number of nitrogens with zero attached hydrogens (tertiary/aromatic N) is 6. The van der Waals surface area contributed by atoms with Crippen LogP contribution in [0.5, 0.6) is 0 Å². The number of rotatable bonds is 3. The Balaban J connectivity index is 1.60. The topological polar surface area (TPSA) is 117 Å². The van der Waals surface area contributed by atoms with Gasteiger partial charge in [0.2, 0.25) is 0 Å². The van der Waals surface area contributed by atoms with Crippen LogP contribution in [0.3, 0.4) is 0 Å². The molecule has 0 bridgehead atoms. The van der Waals surface area contributed by atoms with Crippen molar-refractivity contribution >= 4 is 28.4 Å². The highest BCUT2D eigenvalue weighted by atomic mass is 16.2. The number of fused-ring (bicyclic) bond motifs is 1. The van der Waals surface area contributed by atoms with Gasteiger partial charge in [0.05, 0.1) is 17.3 Å². The van der Waals surface area contributed by atoms with E-state index in [1.54, 1.807) is 47.0 Å². The first kappa shape index (κ1) is 14.8. The highest BCUT2D eigenvalue weighted by molar-refractivity contribution is 6.01. The molecule has 0 aliphatic rings. The van der Waals surface area contributed by atoms with Crippen molar-refractivity contribution in [3.05, 3.63) is 55.0 Å². The van der Waals surface area contributed by atoms with E-state index in [-0.39, 0.29) is 5.91 Å². The lowest BCUT2D eigenvalue weighted by atomic mass is 10.2. The van der Waals surface area contributed by atoms with Crippen molar-refractivity contribution < 1.29 is 4.79 Å². The minimum Gasteiger partial charge on any atom is -0.383 e. The Labute approximate surface area is 142 Å². The first-order valence-electron chi connectivity index (χ1n) is 7.47. The third-order valence-corrected chi connectivity index (χ3v) is 3.79. The molecule has 0 aliphatic heterocycles. The molecule has 0 unspecified atom stereocenters. The summed E-state index contributed by atoms with van der Waals surface area (Å²) < 4.78 is 3.32. The lowest BCUT2D eigenvalue weighted by molar-refractivity contribution is 0.101. The van der Waals surface area contributed by atoms with Gasteiger partial charge >= 0.3 is 0 Å². The highest BCUT2D eigenvalue weighted by Gasteiger charge is 2.12. The number of imidazole rings is 1. The smallest absolute Gasteiger partial charge is 0.291 e. The summed E-state index contributed by atoms with van der Waals surface area (Å²) in [6.45, 7) is 0. The van der Waals surface area contributed by atoms with Crippen molar-refractivity contribution in [1.29, 1.82) is 0 Å². The Bertz CT molecular complexity index is 1060. The van der Waals surface area contributed by atoms with Crippen LogP contribution in [0.4, 0.5) is 11.5 Å². The fraction of sp³-hybridized carbons (Fsp3) is 0.0625. The normalized spacial score (nSPS) is 10.9. The van der Waals surface area contributed by atoms with Crippen LogP contribution in [0.25, 0.3) is 16.7 Å². The number of amides is 1. The molecule has 25 heavy (non-hydrogen) atoms. The largest absolute Gasteiger partial charge is 0.383 e. The molecule has 0 spiro atoms. The first-order valence-corrected chi connectivity index (χ1v) is 7.47. The molecule has 4 aromatic rings. The third kappa shape index (κ3) is 2.57. The van der Waals surface area contributed by atoms with E-state index in [4.69, 9.17) is 5.73 Å². The maximum absolute atomic E-state index is 12.2. The van der Waals surface area contributed by atoms with E-state index in [0.29, 0.717) is 28.4 Å². The number of nitrogens with two attached hydrogens (primary N) is 1. The van der Waals surface area contributed by atoms with Gasteiger partial charge in [-0.3, -0.25) is 4.79 Å². The molecule has 9 nitrogen and oxygen atoms in total. The number of carbonyl (C=O) groups is 1. The number of aromatic nitrogens is 6. The standard InChI is InChI=1S/C16H14N8O/c1-23-7-6-18-15(23)16(25)22-10-2-4-11(5-3-10)24-14-12(8-21-24)13(17)19-9-20-14/h2-9H,1H3,(H,22,25)(H2,17,19,20). The summed E-state index contributed by atoms with van der Waals surface area (Å²) in [7, 11) is 1.77. The van der Waals surface area contributed by atoms with Gasteiger partial charge in [0.1, 0.15) is 12.1 Å². The molecule has 0 fully saturated rings. The van der Waals surface area contributed by atoms with Crippen LogP contribution in [-0.4, -0.2) is 35.2 Å². The fourth-order valence-electron chi connectivity index (χ4n) is 2.51. The number of nitrogen functional groups attached to an aromatic ring is 1. The van der Waals surface area contributed by atoms with Gasteiger partial charge in [-0.25, -0.2) is 19.6 Å². The monoisotopic (exact) mass is 334 g/mol. The van der Waals surface area contributed by atoms with Crippen LogP contribution < -0.4 is 11.1 Å². The maximum Gasteiger partial charge on any atom is 0.291 e. The Morgan fingerprint density at radius 1 is 1.16 bits per heavy atom. The summed E-state index contributed by atoms with van der Waals surface area (Å²) >= 11 is 0. The zero-order valence-corrected chi connectivity index (χ0v) is 13.3. The fourth-order valence-corrected chi connectivity index (χ4v) is 2.51. The number of carbonyl (C=O) groups excluding carboxylic acids is 1. The molecule has 0 atom stereocenters. The number of nitrogens with one attached hydrogen (secondary N) is 1. The van der Waals surface area contributed by atoms with E-state index in [2.05, 4.69) is 25.4 Å². The summed E-state index contributed by atoms with van der Waals surface area (Å²) in [6, 6.07) is 7.24. The molecule has 1 amide bonds. The van der Waals surface area contributed by atoms with Crippen LogP contribution in [0.1, 0.15) is 10.6 Å². The number of hydrogen-bond acceptors (Lipinski definition) is 6. The van der Waals surface area contributed by atoms with Crippen molar-refractivity contribution in [3.8, 4) is 5.69 Å². The van der Waals surface area contributed by atoms with Crippen molar-refractivity contribution in [1.82, 2.24) is 29.3 Å². The van der Waals surface area contributed by atoms with E-state index in [1.807, 2.05) is 12.1 Å². The molecule has 3 heterocycles. The molecular weight excluding hydrogens is 320 g/mol. The second-order valence-corrected chi connectivity index (χ2v) is 5.42. The van der Waals surface area contributed by atoms with Crippen molar-refractivity contribution in [2.75, 3.05) is 11.1 Å². The van der Waals surface area contributed by atoms with Gasteiger partial charge in [0.15, 0.2) is 11.5 Å². The average Bonchev–Trinajstić information content (AvgIpc) is 3.23. The molecule has 0 saturated heterocycles. The van der Waals surface area contributed by atoms with Gasteiger partial charge in [-0.1, -0.05) is 0 Å². The molecule has 9 heteroatoms. The maximum atomic E-state index is 12.2. The minimum absolute atomic E-state index is 0.273. The number of anilines is 2. The Morgan fingerprint density at radius 2 is 1.96 bits per heavy atom. The predicted molar refractivity (Wildman–Crippen MR) is 92.2 cm³/mol. The van der Waals surface area contributed by atoms with Crippen LogP contribution in [0.15, 0.2) is 49.2 Å². The van der Waals surface area contributed by atoms with Crippen LogP contribution in [0.2, 0.25) is 0 Å². The zero-order chi connectivity index (χ0) is 17.4. The van der Waals surface area contributed by atoms with E-state index in [1.165, 1.54) is 6.33 Å². The molecule has 0 radical (unpaired) electrons. The lowest BCUT2D eigenvalue weighted by Crippen LogP contribution is -2.16. The molecule has 1 aromatic carbocycles. The molecule has 0 aliphatic carbocycles. The van der Waals surface area contributed by atoms with Crippen LogP contribution in [0, 0.1) is 0 Å². The summed E-state index contributed by atoms with van der Waals surface area (Å²) in [5, 5.41) is 7.80. The second kappa shape index (κ2) is 5.71.